The summed E-state index contributed by atoms with van der Waals surface area (Å²) in [6.07, 6.45) is 1.71. The Morgan fingerprint density at radius 1 is 1.03 bits per heavy atom. The minimum atomic E-state index is -1.25. The fraction of sp³-hybridized carbons (Fsp3) is 0.475. The lowest BCUT2D eigenvalue weighted by Crippen LogP contribution is -2.51. The summed E-state index contributed by atoms with van der Waals surface area (Å²) in [6, 6.07) is 11.1. The van der Waals surface area contributed by atoms with E-state index in [1.54, 1.807) is 6.20 Å². The molecule has 4 N–H and O–H groups in total. The minimum absolute atomic E-state index is 0.0149. The summed E-state index contributed by atoms with van der Waals surface area (Å²) >= 11 is 0. The number of hydrogen-bond donors (Lipinski definition) is 4. The number of ether oxygens (including phenoxy) is 3. The van der Waals surface area contributed by atoms with Crippen LogP contribution in [-0.2, 0) is 30.3 Å². The molecule has 6 rings (SSSR count). The number of benzene rings is 2. The first-order valence-electron chi connectivity index (χ1n) is 19.3. The Morgan fingerprint density at radius 3 is 2.50 bits per heavy atom. The first-order chi connectivity index (χ1) is 28.1. The molecular formula is C40H48F3N7O8. The van der Waals surface area contributed by atoms with E-state index in [0.29, 0.717) is 38.4 Å². The summed E-state index contributed by atoms with van der Waals surface area (Å²) in [4.78, 5) is 57.8. The molecule has 3 aliphatic heterocycles. The van der Waals surface area contributed by atoms with Gasteiger partial charge in [0.2, 0.25) is 0 Å². The Bertz CT molecular complexity index is 1890. The van der Waals surface area contributed by atoms with Gasteiger partial charge in [0.1, 0.15) is 29.7 Å². The van der Waals surface area contributed by atoms with Crippen molar-refractivity contribution in [3.63, 3.8) is 0 Å². The summed E-state index contributed by atoms with van der Waals surface area (Å²) in [5.74, 6) is -2.62. The number of nitrogens with one attached hydrogen (secondary N) is 3. The van der Waals surface area contributed by atoms with E-state index in [4.69, 9.17) is 19.2 Å². The molecule has 58 heavy (non-hydrogen) atoms. The van der Waals surface area contributed by atoms with Crippen LogP contribution in [-0.4, -0.2) is 133 Å². The molecule has 0 bridgehead atoms. The van der Waals surface area contributed by atoms with E-state index in [1.807, 2.05) is 34.9 Å². The van der Waals surface area contributed by atoms with E-state index in [-0.39, 0.29) is 69.7 Å². The summed E-state index contributed by atoms with van der Waals surface area (Å²) in [5.41, 5.74) is 0.989. The molecule has 312 valence electrons. The molecule has 3 aromatic rings. The number of nitrogens with zero attached hydrogens (tertiary/aromatic N) is 4. The van der Waals surface area contributed by atoms with Crippen molar-refractivity contribution in [2.75, 3.05) is 72.3 Å². The molecule has 2 saturated heterocycles. The molecule has 4 heterocycles. The third kappa shape index (κ3) is 11.0. The van der Waals surface area contributed by atoms with Gasteiger partial charge in [-0.25, -0.2) is 27.7 Å². The van der Waals surface area contributed by atoms with Crippen molar-refractivity contribution in [1.82, 2.24) is 35.3 Å². The standard InChI is InChI=1S/C40H48F3N7O8/c41-29-6-7-32(42)31(18-29)34-24-48(22-26-4-2-1-3-5-26)38(47-34)37(27-10-14-56-15-11-27)50(23-28-19-44-21-33(28)43)39(54)46-20-30(25-51)58-40(55)45-12-16-57-17-13-49-35(52)8-9-36(49)53/h1-9,18,24,27-28,30,33,37,44,51H,10-17,19-23,25H2,(H,45,55)(H,46,54)/t28-,30?,33-,37+/m0/s1. The second-order valence-corrected chi connectivity index (χ2v) is 14.3. The smallest absolute Gasteiger partial charge is 0.407 e. The van der Waals surface area contributed by atoms with E-state index in [9.17, 15) is 28.7 Å². The summed E-state index contributed by atoms with van der Waals surface area (Å²) in [7, 11) is 0. The maximum Gasteiger partial charge on any atom is 0.407 e. The van der Waals surface area contributed by atoms with Crippen LogP contribution in [0, 0.1) is 23.5 Å². The fourth-order valence-corrected chi connectivity index (χ4v) is 7.26. The van der Waals surface area contributed by atoms with Crippen LogP contribution in [0.5, 0.6) is 0 Å². The molecule has 4 atom stereocenters. The van der Waals surface area contributed by atoms with Gasteiger partial charge >= 0.3 is 12.1 Å². The minimum Gasteiger partial charge on any atom is -0.442 e. The van der Waals surface area contributed by atoms with Crippen molar-refractivity contribution in [3.05, 3.63) is 89.9 Å². The molecule has 3 aliphatic rings. The average molecular weight is 812 g/mol. The Hall–Kier alpha value is -5.30. The number of aromatic nitrogens is 2. The first kappa shape index (κ1) is 42.3. The van der Waals surface area contributed by atoms with Crippen molar-refractivity contribution < 1.29 is 51.7 Å². The number of hydrogen-bond acceptors (Lipinski definition) is 10. The molecule has 0 saturated carbocycles. The van der Waals surface area contributed by atoms with Crippen LogP contribution in [0.2, 0.25) is 0 Å². The predicted molar refractivity (Wildman–Crippen MR) is 203 cm³/mol. The molecule has 2 aromatic carbocycles. The number of alkyl halides is 1. The Labute approximate surface area is 333 Å². The number of carbonyl (C=O) groups is 4. The first-order valence-corrected chi connectivity index (χ1v) is 19.3. The maximum atomic E-state index is 15.3. The van der Waals surface area contributed by atoms with E-state index < -0.39 is 66.4 Å². The van der Waals surface area contributed by atoms with E-state index >= 15 is 8.78 Å². The number of imide groups is 1. The highest BCUT2D eigenvalue weighted by Crippen LogP contribution is 2.38. The molecule has 0 aliphatic carbocycles. The lowest BCUT2D eigenvalue weighted by Gasteiger charge is -2.40. The topological polar surface area (TPSA) is 177 Å². The maximum absolute atomic E-state index is 15.3. The molecule has 1 aromatic heterocycles. The highest BCUT2D eigenvalue weighted by atomic mass is 19.1. The van der Waals surface area contributed by atoms with Crippen LogP contribution < -0.4 is 16.0 Å². The molecule has 5 amide bonds. The van der Waals surface area contributed by atoms with Crippen molar-refractivity contribution >= 4 is 23.9 Å². The van der Waals surface area contributed by atoms with Gasteiger partial charge in [-0.15, -0.1) is 0 Å². The second kappa shape index (κ2) is 20.4. The van der Waals surface area contributed by atoms with Crippen LogP contribution in [0.15, 0.2) is 66.9 Å². The van der Waals surface area contributed by atoms with Crippen LogP contribution in [0.1, 0.15) is 30.3 Å². The highest BCUT2D eigenvalue weighted by molar-refractivity contribution is 6.12. The Kier molecular flexibility index (Phi) is 14.9. The third-order valence-electron chi connectivity index (χ3n) is 10.3. The number of imidazole rings is 1. The molecular weight excluding hydrogens is 763 g/mol. The van der Waals surface area contributed by atoms with Crippen molar-refractivity contribution in [2.24, 2.45) is 11.8 Å². The number of alkyl carbamates (subject to hydrolysis) is 1. The van der Waals surface area contributed by atoms with Gasteiger partial charge in [0.15, 0.2) is 0 Å². The number of halogens is 3. The van der Waals surface area contributed by atoms with Gasteiger partial charge in [0, 0.05) is 75.8 Å². The number of carbonyl (C=O) groups excluding carboxylic acids is 4. The zero-order chi connectivity index (χ0) is 41.0. The normalized spacial score (nSPS) is 19.3. The van der Waals surface area contributed by atoms with Gasteiger partial charge in [-0.1, -0.05) is 30.3 Å². The van der Waals surface area contributed by atoms with Crippen molar-refractivity contribution in [2.45, 2.75) is 37.7 Å². The molecule has 2 fully saturated rings. The molecule has 15 nitrogen and oxygen atoms in total. The molecule has 0 spiro atoms. The van der Waals surface area contributed by atoms with Gasteiger partial charge in [-0.05, 0) is 42.5 Å². The van der Waals surface area contributed by atoms with Crippen LogP contribution in [0.4, 0.5) is 22.8 Å². The number of aliphatic hydroxyl groups excluding tert-OH is 1. The average Bonchev–Trinajstić information content (AvgIpc) is 3.93. The van der Waals surface area contributed by atoms with Gasteiger partial charge in [-0.2, -0.15) is 0 Å². The number of rotatable bonds is 18. The molecule has 18 heteroatoms. The van der Waals surface area contributed by atoms with Crippen molar-refractivity contribution in [3.8, 4) is 11.3 Å². The van der Waals surface area contributed by atoms with Crippen molar-refractivity contribution in [1.29, 1.82) is 0 Å². The van der Waals surface area contributed by atoms with Crippen LogP contribution >= 0.6 is 0 Å². The summed E-state index contributed by atoms with van der Waals surface area (Å²) in [6.45, 7) is 0.689. The summed E-state index contributed by atoms with van der Waals surface area (Å²) in [5, 5.41) is 18.4. The highest BCUT2D eigenvalue weighted by Gasteiger charge is 2.40. The van der Waals surface area contributed by atoms with Gasteiger partial charge in [0.25, 0.3) is 11.8 Å². The van der Waals surface area contributed by atoms with Crippen LogP contribution in [0.3, 0.4) is 0 Å². The lowest BCUT2D eigenvalue weighted by atomic mass is 9.89. The number of urea groups is 1. The van der Waals surface area contributed by atoms with E-state index in [1.165, 1.54) is 17.1 Å². The summed E-state index contributed by atoms with van der Waals surface area (Å²) < 4.78 is 63.2. The lowest BCUT2D eigenvalue weighted by molar-refractivity contribution is -0.137. The van der Waals surface area contributed by atoms with Gasteiger partial charge in [0.05, 0.1) is 44.6 Å². The zero-order valence-electron chi connectivity index (χ0n) is 31.9. The second-order valence-electron chi connectivity index (χ2n) is 14.3. The Morgan fingerprint density at radius 2 is 1.79 bits per heavy atom. The largest absolute Gasteiger partial charge is 0.442 e. The number of amides is 5. The number of aliphatic hydroxyl groups is 1. The van der Waals surface area contributed by atoms with Gasteiger partial charge < -0.3 is 44.7 Å². The third-order valence-corrected chi connectivity index (χ3v) is 10.3. The molecule has 1 unspecified atom stereocenters. The van der Waals surface area contributed by atoms with Crippen LogP contribution in [0.25, 0.3) is 11.3 Å². The van der Waals surface area contributed by atoms with Gasteiger partial charge in [-0.3, -0.25) is 14.5 Å². The monoisotopic (exact) mass is 811 g/mol. The van der Waals surface area contributed by atoms with E-state index in [0.717, 1.165) is 28.7 Å². The fourth-order valence-electron chi connectivity index (χ4n) is 7.26. The zero-order valence-corrected chi connectivity index (χ0v) is 31.9. The Balaban J connectivity index is 1.20. The predicted octanol–water partition coefficient (Wildman–Crippen LogP) is 2.94. The van der Waals surface area contributed by atoms with E-state index in [2.05, 4.69) is 16.0 Å². The molecule has 0 radical (unpaired) electrons. The quantitative estimate of drug-likeness (QED) is 0.110. The SMILES string of the molecule is O=C(NCCOCCN1C(=O)C=CC1=O)OC(CO)CNC(=O)N(C[C@@H]1CNC[C@@H]1F)[C@@H](c1nc(-c2cc(F)ccc2F)cn1Cc1ccccc1)C1CCOCC1.